The van der Waals surface area contributed by atoms with Crippen LogP contribution in [-0.4, -0.2) is 12.6 Å². The van der Waals surface area contributed by atoms with Crippen LogP contribution in [0.25, 0.3) is 0 Å². The summed E-state index contributed by atoms with van der Waals surface area (Å²) in [5, 5.41) is 1.41. The van der Waals surface area contributed by atoms with E-state index in [4.69, 9.17) is 16.3 Å². The summed E-state index contributed by atoms with van der Waals surface area (Å²) < 4.78 is 4.93. The lowest BCUT2D eigenvalue weighted by Crippen LogP contribution is -2.09. The molecular weight excluding hydrogens is 291 g/mol. The number of halogens is 2. The van der Waals surface area contributed by atoms with Gasteiger partial charge in [-0.1, -0.05) is 33.6 Å². The third-order valence-electron chi connectivity index (χ3n) is 2.26. The molecule has 88 valence electrons. The van der Waals surface area contributed by atoms with Gasteiger partial charge in [0.25, 0.3) is 0 Å². The molecule has 16 heavy (non-hydrogen) atoms. The molecule has 0 radical (unpaired) electrons. The van der Waals surface area contributed by atoms with Crippen LogP contribution in [0.1, 0.15) is 23.6 Å². The fraction of sp³-hybridized carbons (Fsp3) is 0.417. The molecule has 0 heterocycles. The van der Waals surface area contributed by atoms with Crippen molar-refractivity contribution in [2.75, 3.05) is 6.61 Å². The van der Waals surface area contributed by atoms with Crippen LogP contribution in [0.4, 0.5) is 0 Å². The molecule has 0 aliphatic rings. The van der Waals surface area contributed by atoms with Gasteiger partial charge in [0, 0.05) is 10.4 Å². The lowest BCUT2D eigenvalue weighted by molar-refractivity contribution is -0.142. The van der Waals surface area contributed by atoms with Crippen molar-refractivity contribution in [2.45, 2.75) is 25.6 Å². The van der Waals surface area contributed by atoms with Crippen LogP contribution in [0.2, 0.25) is 5.02 Å². The SMILES string of the molecule is CCOC(=O)Cc1cc(C)c(Cl)cc1CBr. The largest absolute Gasteiger partial charge is 0.466 e. The lowest BCUT2D eigenvalue weighted by atomic mass is 10.0. The van der Waals surface area contributed by atoms with Crippen molar-refractivity contribution in [3.8, 4) is 0 Å². The van der Waals surface area contributed by atoms with Gasteiger partial charge in [0.05, 0.1) is 13.0 Å². The predicted octanol–water partition coefficient (Wildman–Crippen LogP) is 3.65. The van der Waals surface area contributed by atoms with Crippen molar-refractivity contribution in [3.05, 3.63) is 33.8 Å². The fourth-order valence-corrected chi connectivity index (χ4v) is 2.15. The highest BCUT2D eigenvalue weighted by Gasteiger charge is 2.10. The average molecular weight is 306 g/mol. The first-order chi connectivity index (χ1) is 7.58. The van der Waals surface area contributed by atoms with Gasteiger partial charge in [-0.25, -0.2) is 0 Å². The summed E-state index contributed by atoms with van der Waals surface area (Å²) in [4.78, 5) is 11.4. The second-order valence-electron chi connectivity index (χ2n) is 3.49. The zero-order valence-corrected chi connectivity index (χ0v) is 11.7. The molecule has 1 rings (SSSR count). The second kappa shape index (κ2) is 6.26. The van der Waals surface area contributed by atoms with Gasteiger partial charge in [0.1, 0.15) is 0 Å². The molecule has 4 heteroatoms. The molecule has 2 nitrogen and oxygen atoms in total. The van der Waals surface area contributed by atoms with Gasteiger partial charge in [-0.05, 0) is 36.6 Å². The van der Waals surface area contributed by atoms with Gasteiger partial charge in [-0.3, -0.25) is 4.79 Å². The highest BCUT2D eigenvalue weighted by molar-refractivity contribution is 9.08. The van der Waals surface area contributed by atoms with E-state index in [0.29, 0.717) is 18.4 Å². The van der Waals surface area contributed by atoms with Gasteiger partial charge < -0.3 is 4.74 Å². The van der Waals surface area contributed by atoms with E-state index in [9.17, 15) is 4.79 Å². The number of aryl methyl sites for hydroxylation is 1. The molecule has 0 aliphatic heterocycles. The van der Waals surface area contributed by atoms with Crippen LogP contribution in [0, 0.1) is 6.92 Å². The van der Waals surface area contributed by atoms with Gasteiger partial charge in [0.2, 0.25) is 0 Å². The molecule has 0 bridgehead atoms. The third-order valence-corrected chi connectivity index (χ3v) is 3.28. The molecule has 0 saturated carbocycles. The van der Waals surface area contributed by atoms with E-state index in [1.165, 1.54) is 0 Å². The molecule has 0 aromatic heterocycles. The number of esters is 1. The second-order valence-corrected chi connectivity index (χ2v) is 4.45. The average Bonchev–Trinajstić information content (AvgIpc) is 2.23. The van der Waals surface area contributed by atoms with Crippen molar-refractivity contribution in [1.29, 1.82) is 0 Å². The maximum Gasteiger partial charge on any atom is 0.310 e. The molecule has 0 amide bonds. The number of carbonyl (C=O) groups is 1. The maximum atomic E-state index is 11.4. The lowest BCUT2D eigenvalue weighted by Gasteiger charge is -2.09. The molecule has 0 N–H and O–H groups in total. The van der Waals surface area contributed by atoms with E-state index >= 15 is 0 Å². The number of alkyl halides is 1. The Hall–Kier alpha value is -0.540. The Labute approximate surface area is 109 Å². The zero-order valence-electron chi connectivity index (χ0n) is 9.35. The summed E-state index contributed by atoms with van der Waals surface area (Å²) in [6, 6.07) is 3.83. The summed E-state index contributed by atoms with van der Waals surface area (Å²) >= 11 is 9.41. The molecule has 0 saturated heterocycles. The first kappa shape index (κ1) is 13.5. The van der Waals surface area contributed by atoms with Crippen LogP contribution >= 0.6 is 27.5 Å². The van der Waals surface area contributed by atoms with Crippen LogP contribution in [0.5, 0.6) is 0 Å². The first-order valence-electron chi connectivity index (χ1n) is 5.08. The first-order valence-corrected chi connectivity index (χ1v) is 6.58. The van der Waals surface area contributed by atoms with Gasteiger partial charge in [-0.2, -0.15) is 0 Å². The van der Waals surface area contributed by atoms with Crippen molar-refractivity contribution in [2.24, 2.45) is 0 Å². The Morgan fingerprint density at radius 2 is 2.12 bits per heavy atom. The van der Waals surface area contributed by atoms with E-state index in [2.05, 4.69) is 15.9 Å². The molecule has 1 aromatic rings. The van der Waals surface area contributed by atoms with Gasteiger partial charge in [0.15, 0.2) is 0 Å². The van der Waals surface area contributed by atoms with E-state index < -0.39 is 0 Å². The Morgan fingerprint density at radius 3 is 2.69 bits per heavy atom. The minimum absolute atomic E-state index is 0.202. The van der Waals surface area contributed by atoms with Crippen LogP contribution in [0.15, 0.2) is 12.1 Å². The van der Waals surface area contributed by atoms with E-state index in [-0.39, 0.29) is 5.97 Å². The van der Waals surface area contributed by atoms with E-state index in [1.807, 2.05) is 19.1 Å². The molecule has 1 aromatic carbocycles. The van der Waals surface area contributed by atoms with E-state index in [0.717, 1.165) is 21.7 Å². The summed E-state index contributed by atoms with van der Waals surface area (Å²) in [5.74, 6) is -0.202. The number of benzene rings is 1. The third kappa shape index (κ3) is 3.49. The van der Waals surface area contributed by atoms with Crippen molar-refractivity contribution < 1.29 is 9.53 Å². The molecular formula is C12H14BrClO2. The minimum atomic E-state index is -0.202. The Morgan fingerprint density at radius 1 is 1.44 bits per heavy atom. The molecule has 0 aliphatic carbocycles. The topological polar surface area (TPSA) is 26.3 Å². The van der Waals surface area contributed by atoms with Crippen LogP contribution < -0.4 is 0 Å². The quantitative estimate of drug-likeness (QED) is 0.627. The Kier molecular flexibility index (Phi) is 5.29. The summed E-state index contributed by atoms with van der Waals surface area (Å²) in [7, 11) is 0. The number of ether oxygens (including phenoxy) is 1. The normalized spacial score (nSPS) is 10.2. The molecule has 0 spiro atoms. The summed E-state index contributed by atoms with van der Waals surface area (Å²) in [6.45, 7) is 4.14. The van der Waals surface area contributed by atoms with Crippen LogP contribution in [0.3, 0.4) is 0 Å². The fourth-order valence-electron chi connectivity index (χ4n) is 1.44. The molecule has 0 unspecified atom stereocenters. The Bertz CT molecular complexity index is 391. The number of rotatable bonds is 4. The number of hydrogen-bond donors (Lipinski definition) is 0. The number of hydrogen-bond acceptors (Lipinski definition) is 2. The number of carbonyl (C=O) groups excluding carboxylic acids is 1. The van der Waals surface area contributed by atoms with Crippen LogP contribution in [-0.2, 0) is 21.3 Å². The summed E-state index contributed by atoms with van der Waals surface area (Å²) in [5.41, 5.74) is 2.98. The van der Waals surface area contributed by atoms with Gasteiger partial charge in [-0.15, -0.1) is 0 Å². The summed E-state index contributed by atoms with van der Waals surface area (Å²) in [6.07, 6.45) is 0.298. The van der Waals surface area contributed by atoms with Crippen molar-refractivity contribution in [3.63, 3.8) is 0 Å². The van der Waals surface area contributed by atoms with Gasteiger partial charge >= 0.3 is 5.97 Å². The highest BCUT2D eigenvalue weighted by Crippen LogP contribution is 2.23. The maximum absolute atomic E-state index is 11.4. The van der Waals surface area contributed by atoms with Crippen molar-refractivity contribution >= 4 is 33.5 Å². The smallest absolute Gasteiger partial charge is 0.310 e. The van der Waals surface area contributed by atoms with E-state index in [1.54, 1.807) is 6.92 Å². The minimum Gasteiger partial charge on any atom is -0.466 e. The molecule has 0 fully saturated rings. The zero-order chi connectivity index (χ0) is 12.1. The predicted molar refractivity (Wildman–Crippen MR) is 69.2 cm³/mol. The molecule has 0 atom stereocenters. The monoisotopic (exact) mass is 304 g/mol. The standard InChI is InChI=1S/C12H14BrClO2/c1-3-16-12(15)6-9-4-8(2)11(14)5-10(9)7-13/h4-5H,3,6-7H2,1-2H3. The Balaban J connectivity index is 2.94. The van der Waals surface area contributed by atoms with Crippen molar-refractivity contribution in [1.82, 2.24) is 0 Å². The highest BCUT2D eigenvalue weighted by atomic mass is 79.9.